The fourth-order valence-electron chi connectivity index (χ4n) is 3.56. The average Bonchev–Trinajstić information content (AvgIpc) is 3.46. The number of nitrogens with zero attached hydrogens (tertiary/aromatic N) is 1. The van der Waals surface area contributed by atoms with E-state index < -0.39 is 11.9 Å². The van der Waals surface area contributed by atoms with Gasteiger partial charge in [0.2, 0.25) is 5.91 Å². The zero-order valence-corrected chi connectivity index (χ0v) is 18.6. The second-order valence-corrected chi connectivity index (χ2v) is 8.14. The predicted octanol–water partition coefficient (Wildman–Crippen LogP) is 4.13. The quantitative estimate of drug-likeness (QED) is 0.504. The van der Waals surface area contributed by atoms with Crippen molar-refractivity contribution >= 4 is 35.1 Å². The van der Waals surface area contributed by atoms with Crippen molar-refractivity contribution in [2.24, 2.45) is 0 Å². The van der Waals surface area contributed by atoms with Crippen LogP contribution in [-0.2, 0) is 32.1 Å². The molecule has 33 heavy (non-hydrogen) atoms. The number of amides is 2. The molecular weight excluding hydrogens is 444 g/mol. The van der Waals surface area contributed by atoms with Gasteiger partial charge in [0.25, 0.3) is 5.91 Å². The SMILES string of the molecule is O=C(COC(=O)Cc1ccc(N2CCCC2=O)cc1)NCc1ccc(-c2ccc(Cl)cc2)o1. The third-order valence-electron chi connectivity index (χ3n) is 5.28. The van der Waals surface area contributed by atoms with Gasteiger partial charge in [-0.3, -0.25) is 14.4 Å². The summed E-state index contributed by atoms with van der Waals surface area (Å²) in [5.74, 6) is 0.441. The Bertz CT molecular complexity index is 1140. The van der Waals surface area contributed by atoms with Gasteiger partial charge < -0.3 is 19.4 Å². The van der Waals surface area contributed by atoms with Crippen molar-refractivity contribution in [1.82, 2.24) is 5.32 Å². The molecular formula is C25H23ClN2O5. The van der Waals surface area contributed by atoms with Gasteiger partial charge in [0, 0.05) is 29.2 Å². The summed E-state index contributed by atoms with van der Waals surface area (Å²) in [7, 11) is 0. The van der Waals surface area contributed by atoms with Crippen LogP contribution in [0, 0.1) is 0 Å². The topological polar surface area (TPSA) is 88.9 Å². The molecule has 1 aliphatic heterocycles. The summed E-state index contributed by atoms with van der Waals surface area (Å²) >= 11 is 5.89. The van der Waals surface area contributed by atoms with Crippen LogP contribution in [0.15, 0.2) is 65.1 Å². The van der Waals surface area contributed by atoms with Crippen molar-refractivity contribution in [1.29, 1.82) is 0 Å². The number of hydrogen-bond acceptors (Lipinski definition) is 5. The van der Waals surface area contributed by atoms with Gasteiger partial charge in [0.05, 0.1) is 13.0 Å². The summed E-state index contributed by atoms with van der Waals surface area (Å²) < 4.78 is 10.8. The van der Waals surface area contributed by atoms with Crippen LogP contribution >= 0.6 is 11.6 Å². The number of carbonyl (C=O) groups is 3. The van der Waals surface area contributed by atoms with Crippen LogP contribution in [0.2, 0.25) is 5.02 Å². The Balaban J connectivity index is 1.19. The lowest BCUT2D eigenvalue weighted by molar-refractivity contribution is -0.147. The maximum atomic E-state index is 12.1. The number of ether oxygens (including phenoxy) is 1. The molecule has 7 nitrogen and oxygen atoms in total. The van der Waals surface area contributed by atoms with E-state index in [1.807, 2.05) is 30.3 Å². The highest BCUT2D eigenvalue weighted by molar-refractivity contribution is 6.30. The van der Waals surface area contributed by atoms with Crippen LogP contribution < -0.4 is 10.2 Å². The minimum Gasteiger partial charge on any atom is -0.459 e. The maximum absolute atomic E-state index is 12.1. The van der Waals surface area contributed by atoms with Gasteiger partial charge in [0.1, 0.15) is 11.5 Å². The van der Waals surface area contributed by atoms with E-state index in [4.69, 9.17) is 20.8 Å². The third kappa shape index (κ3) is 6.02. The number of benzene rings is 2. The van der Waals surface area contributed by atoms with E-state index in [1.165, 1.54) is 0 Å². The molecule has 1 saturated heterocycles. The number of halogens is 1. The fourth-order valence-corrected chi connectivity index (χ4v) is 3.68. The number of esters is 1. The summed E-state index contributed by atoms with van der Waals surface area (Å²) in [6, 6.07) is 18.1. The van der Waals surface area contributed by atoms with Crippen LogP contribution in [0.3, 0.4) is 0 Å². The molecule has 0 radical (unpaired) electrons. The number of anilines is 1. The highest BCUT2D eigenvalue weighted by atomic mass is 35.5. The molecule has 2 aromatic carbocycles. The Labute approximate surface area is 196 Å². The van der Waals surface area contributed by atoms with Gasteiger partial charge in [-0.25, -0.2) is 0 Å². The lowest BCUT2D eigenvalue weighted by atomic mass is 10.1. The molecule has 1 aliphatic rings. The Morgan fingerprint density at radius 1 is 1.03 bits per heavy atom. The van der Waals surface area contributed by atoms with E-state index in [0.717, 1.165) is 29.8 Å². The molecule has 0 unspecified atom stereocenters. The molecule has 2 amide bonds. The molecule has 2 heterocycles. The zero-order chi connectivity index (χ0) is 23.2. The molecule has 3 aromatic rings. The fraction of sp³-hybridized carbons (Fsp3) is 0.240. The first-order valence-electron chi connectivity index (χ1n) is 10.6. The van der Waals surface area contributed by atoms with Gasteiger partial charge in [-0.2, -0.15) is 0 Å². The summed E-state index contributed by atoms with van der Waals surface area (Å²) in [6.07, 6.45) is 1.47. The van der Waals surface area contributed by atoms with Crippen molar-refractivity contribution in [2.75, 3.05) is 18.1 Å². The Morgan fingerprint density at radius 2 is 1.79 bits per heavy atom. The molecule has 0 atom stereocenters. The lowest BCUT2D eigenvalue weighted by Crippen LogP contribution is -2.28. The second-order valence-electron chi connectivity index (χ2n) is 7.70. The molecule has 170 valence electrons. The van der Waals surface area contributed by atoms with Crippen molar-refractivity contribution in [3.63, 3.8) is 0 Å². The van der Waals surface area contributed by atoms with Gasteiger partial charge in [-0.1, -0.05) is 23.7 Å². The highest BCUT2D eigenvalue weighted by Crippen LogP contribution is 2.24. The molecule has 0 aliphatic carbocycles. The van der Waals surface area contributed by atoms with E-state index in [-0.39, 0.29) is 25.5 Å². The van der Waals surface area contributed by atoms with E-state index in [0.29, 0.717) is 23.0 Å². The van der Waals surface area contributed by atoms with E-state index >= 15 is 0 Å². The first-order valence-corrected chi connectivity index (χ1v) is 11.0. The summed E-state index contributed by atoms with van der Waals surface area (Å²) in [5, 5.41) is 3.31. The Hall–Kier alpha value is -3.58. The average molecular weight is 467 g/mol. The summed E-state index contributed by atoms with van der Waals surface area (Å²) in [5.41, 5.74) is 2.46. The minimum absolute atomic E-state index is 0.0458. The van der Waals surface area contributed by atoms with Crippen LogP contribution in [0.25, 0.3) is 11.3 Å². The smallest absolute Gasteiger partial charge is 0.310 e. The second kappa shape index (κ2) is 10.4. The highest BCUT2D eigenvalue weighted by Gasteiger charge is 2.21. The normalized spacial score (nSPS) is 13.2. The van der Waals surface area contributed by atoms with Gasteiger partial charge >= 0.3 is 5.97 Å². The lowest BCUT2D eigenvalue weighted by Gasteiger charge is -2.15. The van der Waals surface area contributed by atoms with Crippen molar-refractivity contribution in [3.8, 4) is 11.3 Å². The molecule has 1 N–H and O–H groups in total. The molecule has 1 aromatic heterocycles. The molecule has 1 fully saturated rings. The van der Waals surface area contributed by atoms with Crippen molar-refractivity contribution in [3.05, 3.63) is 77.0 Å². The van der Waals surface area contributed by atoms with Crippen LogP contribution in [0.4, 0.5) is 5.69 Å². The van der Waals surface area contributed by atoms with Crippen LogP contribution in [0.5, 0.6) is 0 Å². The Morgan fingerprint density at radius 3 is 2.48 bits per heavy atom. The maximum Gasteiger partial charge on any atom is 0.310 e. The van der Waals surface area contributed by atoms with Gasteiger partial charge in [-0.15, -0.1) is 0 Å². The first-order chi connectivity index (χ1) is 16.0. The number of hydrogen-bond donors (Lipinski definition) is 1. The van der Waals surface area contributed by atoms with E-state index in [2.05, 4.69) is 5.32 Å². The number of furan rings is 1. The molecule has 8 heteroatoms. The van der Waals surface area contributed by atoms with Crippen molar-refractivity contribution < 1.29 is 23.5 Å². The van der Waals surface area contributed by atoms with E-state index in [9.17, 15) is 14.4 Å². The number of nitrogens with one attached hydrogen (secondary N) is 1. The van der Waals surface area contributed by atoms with Crippen LogP contribution in [-0.4, -0.2) is 30.9 Å². The molecule has 4 rings (SSSR count). The summed E-state index contributed by atoms with van der Waals surface area (Å²) in [6.45, 7) is 0.528. The Kier molecular flexibility index (Phi) is 7.10. The van der Waals surface area contributed by atoms with Gasteiger partial charge in [-0.05, 0) is 60.5 Å². The van der Waals surface area contributed by atoms with Crippen molar-refractivity contribution in [2.45, 2.75) is 25.8 Å². The predicted molar refractivity (Wildman–Crippen MR) is 124 cm³/mol. The monoisotopic (exact) mass is 466 g/mol. The zero-order valence-electron chi connectivity index (χ0n) is 17.9. The first kappa shape index (κ1) is 22.6. The third-order valence-corrected chi connectivity index (χ3v) is 5.54. The standard InChI is InChI=1S/C25H23ClN2O5/c26-19-7-5-18(6-8-19)22-12-11-21(33-22)15-27-23(29)16-32-25(31)14-17-3-9-20(10-4-17)28-13-1-2-24(28)30/h3-12H,1-2,13-16H2,(H,27,29). The van der Waals surface area contributed by atoms with Gasteiger partial charge in [0.15, 0.2) is 6.61 Å². The summed E-state index contributed by atoms with van der Waals surface area (Å²) in [4.78, 5) is 37.7. The minimum atomic E-state index is -0.502. The van der Waals surface area contributed by atoms with Crippen LogP contribution in [0.1, 0.15) is 24.2 Å². The molecule has 0 saturated carbocycles. The number of rotatable bonds is 8. The number of carbonyl (C=O) groups excluding carboxylic acids is 3. The largest absolute Gasteiger partial charge is 0.459 e. The van der Waals surface area contributed by atoms with E-state index in [1.54, 1.807) is 35.2 Å². The molecule has 0 spiro atoms. The molecule has 0 bridgehead atoms.